The number of hydrogen-bond donors (Lipinski definition) is 1. The van der Waals surface area contributed by atoms with Crippen molar-refractivity contribution >= 4 is 11.9 Å². The van der Waals surface area contributed by atoms with Crippen molar-refractivity contribution in [3.05, 3.63) is 65.9 Å². The lowest BCUT2D eigenvalue weighted by atomic mass is 10.2. The van der Waals surface area contributed by atoms with Crippen LogP contribution in [0.4, 0.5) is 5.82 Å². The largest absolute Gasteiger partial charge is 0.366 e. The average molecular weight is 224 g/mol. The van der Waals surface area contributed by atoms with E-state index in [1.807, 2.05) is 43.3 Å². The molecule has 0 bridgehead atoms. The molecule has 2 rings (SSSR count). The van der Waals surface area contributed by atoms with Gasteiger partial charge < -0.3 is 5.32 Å². The lowest BCUT2D eigenvalue weighted by molar-refractivity contribution is 1.09. The van der Waals surface area contributed by atoms with Crippen molar-refractivity contribution < 1.29 is 0 Å². The number of hydrogen-bond acceptors (Lipinski definition) is 2. The van der Waals surface area contributed by atoms with E-state index in [1.54, 1.807) is 0 Å². The van der Waals surface area contributed by atoms with Gasteiger partial charge in [0.2, 0.25) is 0 Å². The van der Waals surface area contributed by atoms with Crippen LogP contribution in [0.2, 0.25) is 0 Å². The summed E-state index contributed by atoms with van der Waals surface area (Å²) >= 11 is 0. The van der Waals surface area contributed by atoms with Crippen molar-refractivity contribution in [1.29, 1.82) is 0 Å². The highest BCUT2D eigenvalue weighted by molar-refractivity contribution is 5.52. The third-order valence-electron chi connectivity index (χ3n) is 2.66. The third kappa shape index (κ3) is 2.94. The maximum Gasteiger partial charge on any atom is 0.126 e. The summed E-state index contributed by atoms with van der Waals surface area (Å²) in [5.74, 6) is 0.900. The fourth-order valence-electron chi connectivity index (χ4n) is 1.67. The molecule has 0 saturated carbocycles. The summed E-state index contributed by atoms with van der Waals surface area (Å²) < 4.78 is 0. The van der Waals surface area contributed by atoms with Crippen LogP contribution < -0.4 is 5.32 Å². The Kier molecular flexibility index (Phi) is 3.55. The number of pyridine rings is 1. The summed E-state index contributed by atoms with van der Waals surface area (Å²) in [5.41, 5.74) is 3.33. The van der Waals surface area contributed by atoms with Gasteiger partial charge in [-0.1, -0.05) is 43.0 Å². The van der Waals surface area contributed by atoms with Gasteiger partial charge in [0.1, 0.15) is 5.82 Å². The van der Waals surface area contributed by atoms with Gasteiger partial charge in [-0.05, 0) is 30.2 Å². The molecule has 0 radical (unpaired) electrons. The van der Waals surface area contributed by atoms with Crippen LogP contribution in [-0.2, 0) is 6.54 Å². The Labute approximate surface area is 102 Å². The molecule has 0 aliphatic heterocycles. The highest BCUT2D eigenvalue weighted by atomic mass is 15.0. The molecule has 0 fully saturated rings. The second-order valence-electron chi connectivity index (χ2n) is 3.91. The Morgan fingerprint density at radius 1 is 1.18 bits per heavy atom. The van der Waals surface area contributed by atoms with Gasteiger partial charge in [0.05, 0.1) is 0 Å². The van der Waals surface area contributed by atoms with Crippen molar-refractivity contribution in [3.8, 4) is 0 Å². The molecule has 86 valence electrons. The predicted octanol–water partition coefficient (Wildman–Crippen LogP) is 3.65. The molecule has 0 aliphatic carbocycles. The smallest absolute Gasteiger partial charge is 0.126 e. The van der Waals surface area contributed by atoms with E-state index in [0.717, 1.165) is 23.6 Å². The van der Waals surface area contributed by atoms with Crippen molar-refractivity contribution in [3.63, 3.8) is 0 Å². The summed E-state index contributed by atoms with van der Waals surface area (Å²) in [6.45, 7) is 6.54. The minimum absolute atomic E-state index is 0.792. The van der Waals surface area contributed by atoms with Crippen LogP contribution >= 0.6 is 0 Å². The first kappa shape index (κ1) is 11.4. The van der Waals surface area contributed by atoms with Gasteiger partial charge in [0.25, 0.3) is 0 Å². The molecule has 2 heteroatoms. The van der Waals surface area contributed by atoms with Gasteiger partial charge in [0, 0.05) is 12.2 Å². The zero-order chi connectivity index (χ0) is 12.1. The van der Waals surface area contributed by atoms with Crippen molar-refractivity contribution in [2.24, 2.45) is 0 Å². The van der Waals surface area contributed by atoms with Crippen molar-refractivity contribution in [2.75, 3.05) is 5.32 Å². The fraction of sp³-hybridized carbons (Fsp3) is 0.133. The van der Waals surface area contributed by atoms with Gasteiger partial charge >= 0.3 is 0 Å². The van der Waals surface area contributed by atoms with E-state index < -0.39 is 0 Å². The Morgan fingerprint density at radius 3 is 2.59 bits per heavy atom. The highest BCUT2D eigenvalue weighted by Gasteiger charge is 1.98. The molecular weight excluding hydrogens is 208 g/mol. The molecule has 1 aromatic carbocycles. The van der Waals surface area contributed by atoms with Gasteiger partial charge in [-0.2, -0.15) is 0 Å². The van der Waals surface area contributed by atoms with E-state index in [2.05, 4.69) is 29.0 Å². The van der Waals surface area contributed by atoms with E-state index in [1.165, 1.54) is 5.56 Å². The average Bonchev–Trinajstić information content (AvgIpc) is 2.38. The summed E-state index contributed by atoms with van der Waals surface area (Å²) in [5, 5.41) is 3.31. The van der Waals surface area contributed by atoms with Gasteiger partial charge in [-0.25, -0.2) is 4.98 Å². The van der Waals surface area contributed by atoms with E-state index in [0.29, 0.717) is 0 Å². The third-order valence-corrected chi connectivity index (χ3v) is 2.66. The molecule has 0 spiro atoms. The molecule has 0 aliphatic rings. The minimum atomic E-state index is 0.792. The van der Waals surface area contributed by atoms with Gasteiger partial charge in [-0.3, -0.25) is 0 Å². The molecule has 17 heavy (non-hydrogen) atoms. The fourth-order valence-corrected chi connectivity index (χ4v) is 1.67. The number of rotatable bonds is 4. The van der Waals surface area contributed by atoms with Crippen LogP contribution in [0.15, 0.2) is 49.0 Å². The van der Waals surface area contributed by atoms with E-state index >= 15 is 0 Å². The topological polar surface area (TPSA) is 24.9 Å². The lowest BCUT2D eigenvalue weighted by Crippen LogP contribution is -2.02. The lowest BCUT2D eigenvalue weighted by Gasteiger charge is -2.07. The summed E-state index contributed by atoms with van der Waals surface area (Å²) in [6, 6.07) is 14.3. The molecule has 2 nitrogen and oxygen atoms in total. The monoisotopic (exact) mass is 224 g/mol. The van der Waals surface area contributed by atoms with E-state index in [9.17, 15) is 0 Å². The van der Waals surface area contributed by atoms with Crippen molar-refractivity contribution in [1.82, 2.24) is 4.98 Å². The molecule has 0 saturated heterocycles. The van der Waals surface area contributed by atoms with Crippen LogP contribution in [0.3, 0.4) is 0 Å². The maximum absolute atomic E-state index is 4.48. The summed E-state index contributed by atoms with van der Waals surface area (Å²) in [4.78, 5) is 4.48. The first-order valence-electron chi connectivity index (χ1n) is 5.67. The Morgan fingerprint density at radius 2 is 1.94 bits per heavy atom. The SMILES string of the molecule is C=Cc1ccc(NCc2ccccc2)nc1C. The Bertz CT molecular complexity index is 504. The molecule has 0 atom stereocenters. The van der Waals surface area contributed by atoms with Crippen LogP contribution in [0.1, 0.15) is 16.8 Å². The quantitative estimate of drug-likeness (QED) is 0.857. The Balaban J connectivity index is 2.05. The van der Waals surface area contributed by atoms with Crippen LogP contribution in [0.5, 0.6) is 0 Å². The molecule has 2 aromatic rings. The first-order valence-corrected chi connectivity index (χ1v) is 5.67. The first-order chi connectivity index (χ1) is 8.29. The number of nitrogens with zero attached hydrogens (tertiary/aromatic N) is 1. The number of nitrogens with one attached hydrogen (secondary N) is 1. The second kappa shape index (κ2) is 5.30. The maximum atomic E-state index is 4.48. The summed E-state index contributed by atoms with van der Waals surface area (Å²) in [7, 11) is 0. The van der Waals surface area contributed by atoms with Gasteiger partial charge in [0.15, 0.2) is 0 Å². The standard InChI is InChI=1S/C15H16N2/c1-3-14-9-10-15(17-12(14)2)16-11-13-7-5-4-6-8-13/h3-10H,1,11H2,2H3,(H,16,17). The molecule has 1 heterocycles. The predicted molar refractivity (Wildman–Crippen MR) is 72.8 cm³/mol. The number of aryl methyl sites for hydroxylation is 1. The normalized spacial score (nSPS) is 9.94. The molecule has 1 aromatic heterocycles. The van der Waals surface area contributed by atoms with Crippen LogP contribution in [0, 0.1) is 6.92 Å². The zero-order valence-corrected chi connectivity index (χ0v) is 9.98. The molecule has 1 N–H and O–H groups in total. The Hall–Kier alpha value is -2.09. The number of anilines is 1. The van der Waals surface area contributed by atoms with Crippen LogP contribution in [-0.4, -0.2) is 4.98 Å². The van der Waals surface area contributed by atoms with Gasteiger partial charge in [-0.15, -0.1) is 0 Å². The van der Waals surface area contributed by atoms with Crippen LogP contribution in [0.25, 0.3) is 6.08 Å². The molecule has 0 amide bonds. The summed E-state index contributed by atoms with van der Waals surface area (Å²) in [6.07, 6.45) is 1.82. The highest BCUT2D eigenvalue weighted by Crippen LogP contribution is 2.12. The molecular formula is C15H16N2. The number of aromatic nitrogens is 1. The number of benzene rings is 1. The van der Waals surface area contributed by atoms with Crippen molar-refractivity contribution in [2.45, 2.75) is 13.5 Å². The minimum Gasteiger partial charge on any atom is -0.366 e. The van der Waals surface area contributed by atoms with E-state index in [4.69, 9.17) is 0 Å². The molecule has 0 unspecified atom stereocenters. The van der Waals surface area contributed by atoms with E-state index in [-0.39, 0.29) is 0 Å². The second-order valence-corrected chi connectivity index (χ2v) is 3.91. The zero-order valence-electron chi connectivity index (χ0n) is 9.98.